The van der Waals surface area contributed by atoms with Crippen molar-refractivity contribution in [2.24, 2.45) is 5.92 Å². The van der Waals surface area contributed by atoms with Gasteiger partial charge in [0.1, 0.15) is 0 Å². The number of benzene rings is 1. The summed E-state index contributed by atoms with van der Waals surface area (Å²) in [7, 11) is 1.35. The Morgan fingerprint density at radius 2 is 2.08 bits per heavy atom. The molecule has 0 spiro atoms. The molecule has 1 atom stereocenters. The maximum Gasteiger partial charge on any atom is 0.338 e. The molecular formula is C19H24ClN3O3. The van der Waals surface area contributed by atoms with E-state index in [1.54, 1.807) is 18.2 Å². The van der Waals surface area contributed by atoms with Crippen molar-refractivity contribution in [3.63, 3.8) is 0 Å². The number of carbonyl (C=O) groups is 2. The Kier molecular flexibility index (Phi) is 5.84. The average molecular weight is 378 g/mol. The molecule has 0 unspecified atom stereocenters. The molecule has 1 fully saturated rings. The molecule has 6 nitrogen and oxygen atoms in total. The highest BCUT2D eigenvalue weighted by molar-refractivity contribution is 6.30. The largest absolute Gasteiger partial charge is 0.466 e. The number of halogens is 1. The van der Waals surface area contributed by atoms with Crippen LogP contribution in [0.5, 0.6) is 0 Å². The van der Waals surface area contributed by atoms with E-state index in [4.69, 9.17) is 16.3 Å². The summed E-state index contributed by atoms with van der Waals surface area (Å²) >= 11 is 6.10. The summed E-state index contributed by atoms with van der Waals surface area (Å²) in [6, 6.07) is 6.22. The zero-order valence-electron chi connectivity index (χ0n) is 15.0. The van der Waals surface area contributed by atoms with Crippen LogP contribution in [0.15, 0.2) is 35.5 Å². The first-order valence-electron chi connectivity index (χ1n) is 8.84. The summed E-state index contributed by atoms with van der Waals surface area (Å²) < 4.78 is 5.00. The molecule has 1 aromatic carbocycles. The van der Waals surface area contributed by atoms with E-state index < -0.39 is 12.0 Å². The summed E-state index contributed by atoms with van der Waals surface area (Å²) in [6.07, 6.45) is 2.23. The van der Waals surface area contributed by atoms with E-state index in [0.717, 1.165) is 31.5 Å². The lowest BCUT2D eigenvalue weighted by atomic mass is 9.94. The minimum absolute atomic E-state index is 0.331. The van der Waals surface area contributed by atoms with Gasteiger partial charge in [-0.2, -0.15) is 0 Å². The lowest BCUT2D eigenvalue weighted by molar-refractivity contribution is -0.136. The molecule has 7 heteroatoms. The van der Waals surface area contributed by atoms with Gasteiger partial charge in [-0.1, -0.05) is 30.7 Å². The summed E-state index contributed by atoms with van der Waals surface area (Å²) in [5.41, 5.74) is 1.77. The summed E-state index contributed by atoms with van der Waals surface area (Å²) in [6.45, 7) is 4.66. The zero-order chi connectivity index (χ0) is 18.7. The Balaban J connectivity index is 1.95. The van der Waals surface area contributed by atoms with E-state index in [0.29, 0.717) is 28.8 Å². The van der Waals surface area contributed by atoms with Crippen molar-refractivity contribution in [1.82, 2.24) is 15.5 Å². The minimum Gasteiger partial charge on any atom is -0.466 e. The molecule has 2 aliphatic rings. The quantitative estimate of drug-likeness (QED) is 0.791. The Hall–Kier alpha value is -2.05. The van der Waals surface area contributed by atoms with Crippen LogP contribution in [0.2, 0.25) is 5.02 Å². The number of methoxy groups -OCH3 is 1. The number of hydrogen-bond acceptors (Lipinski definition) is 4. The van der Waals surface area contributed by atoms with E-state index in [2.05, 4.69) is 22.5 Å². The van der Waals surface area contributed by atoms with Gasteiger partial charge in [0, 0.05) is 17.3 Å². The predicted molar refractivity (Wildman–Crippen MR) is 99.7 cm³/mol. The highest BCUT2D eigenvalue weighted by Crippen LogP contribution is 2.30. The molecule has 1 saturated heterocycles. The fourth-order valence-corrected chi connectivity index (χ4v) is 3.67. The van der Waals surface area contributed by atoms with Crippen LogP contribution in [0.4, 0.5) is 4.79 Å². The van der Waals surface area contributed by atoms with Gasteiger partial charge >= 0.3 is 12.0 Å². The molecule has 2 heterocycles. The van der Waals surface area contributed by atoms with E-state index >= 15 is 0 Å². The Morgan fingerprint density at radius 1 is 1.35 bits per heavy atom. The first kappa shape index (κ1) is 18.7. The van der Waals surface area contributed by atoms with Gasteiger partial charge in [-0.05, 0) is 49.5 Å². The molecule has 0 bridgehead atoms. The van der Waals surface area contributed by atoms with Crippen molar-refractivity contribution in [1.29, 1.82) is 0 Å². The van der Waals surface area contributed by atoms with Crippen molar-refractivity contribution in [3.05, 3.63) is 46.1 Å². The predicted octanol–water partition coefficient (Wildman–Crippen LogP) is 2.85. The second kappa shape index (κ2) is 8.10. The third kappa shape index (κ3) is 4.19. The topological polar surface area (TPSA) is 70.7 Å². The van der Waals surface area contributed by atoms with Crippen LogP contribution < -0.4 is 10.6 Å². The van der Waals surface area contributed by atoms with Crippen LogP contribution in [0.25, 0.3) is 0 Å². The number of ether oxygens (including phenoxy) is 1. The zero-order valence-corrected chi connectivity index (χ0v) is 15.8. The molecule has 2 aliphatic heterocycles. The van der Waals surface area contributed by atoms with Crippen molar-refractivity contribution in [3.8, 4) is 0 Å². The van der Waals surface area contributed by atoms with E-state index in [1.807, 2.05) is 6.07 Å². The Morgan fingerprint density at radius 3 is 2.73 bits per heavy atom. The Bertz CT molecular complexity index is 726. The highest BCUT2D eigenvalue weighted by Gasteiger charge is 2.34. The van der Waals surface area contributed by atoms with E-state index in [9.17, 15) is 9.59 Å². The molecule has 0 saturated carbocycles. The number of hydrogen-bond donors (Lipinski definition) is 2. The maximum atomic E-state index is 12.5. The number of piperidine rings is 1. The standard InChI is InChI=1S/C19H24ClN3O3/c1-12-6-8-23(9-7-12)11-15-16(18(24)26-2)17(22-19(25)21-15)13-4-3-5-14(20)10-13/h3-5,10,12,17H,6-9,11H2,1-2H3,(H2,21,22,25)/t17-/m1/s1. The number of amides is 2. The molecule has 1 aromatic rings. The van der Waals surface area contributed by atoms with Crippen LogP contribution in [-0.4, -0.2) is 43.6 Å². The number of likely N-dealkylation sites (tertiary alicyclic amines) is 1. The lowest BCUT2D eigenvalue weighted by Crippen LogP contribution is -2.49. The van der Waals surface area contributed by atoms with Crippen LogP contribution in [0.1, 0.15) is 31.4 Å². The van der Waals surface area contributed by atoms with Gasteiger partial charge in [0.15, 0.2) is 0 Å². The number of carbonyl (C=O) groups excluding carboxylic acids is 2. The number of rotatable bonds is 4. The summed E-state index contributed by atoms with van der Waals surface area (Å²) in [5, 5.41) is 6.17. The number of nitrogens with zero attached hydrogens (tertiary/aromatic N) is 1. The molecular weight excluding hydrogens is 354 g/mol. The first-order valence-corrected chi connectivity index (χ1v) is 9.22. The molecule has 26 heavy (non-hydrogen) atoms. The highest BCUT2D eigenvalue weighted by atomic mass is 35.5. The van der Waals surface area contributed by atoms with Crippen molar-refractivity contribution < 1.29 is 14.3 Å². The van der Waals surface area contributed by atoms with Crippen LogP contribution in [0, 0.1) is 5.92 Å². The molecule has 0 aromatic heterocycles. The van der Waals surface area contributed by atoms with E-state index in [1.165, 1.54) is 7.11 Å². The van der Waals surface area contributed by atoms with Crippen LogP contribution >= 0.6 is 11.6 Å². The molecule has 140 valence electrons. The van der Waals surface area contributed by atoms with Crippen molar-refractivity contribution in [2.45, 2.75) is 25.8 Å². The van der Waals surface area contributed by atoms with Crippen LogP contribution in [-0.2, 0) is 9.53 Å². The van der Waals surface area contributed by atoms with Gasteiger partial charge in [-0.15, -0.1) is 0 Å². The van der Waals surface area contributed by atoms with E-state index in [-0.39, 0.29) is 6.03 Å². The summed E-state index contributed by atoms with van der Waals surface area (Å²) in [4.78, 5) is 27.0. The monoisotopic (exact) mass is 377 g/mol. The second-order valence-corrected chi connectivity index (χ2v) is 7.37. The normalized spacial score (nSPS) is 22.0. The van der Waals surface area contributed by atoms with Gasteiger partial charge < -0.3 is 15.4 Å². The van der Waals surface area contributed by atoms with Crippen molar-refractivity contribution in [2.75, 3.05) is 26.7 Å². The lowest BCUT2D eigenvalue weighted by Gasteiger charge is -2.34. The molecule has 0 radical (unpaired) electrons. The van der Waals surface area contributed by atoms with Gasteiger partial charge in [0.05, 0.1) is 18.7 Å². The third-order valence-electron chi connectivity index (χ3n) is 5.00. The smallest absolute Gasteiger partial charge is 0.338 e. The van der Waals surface area contributed by atoms with Gasteiger partial charge in [-0.25, -0.2) is 9.59 Å². The summed E-state index contributed by atoms with van der Waals surface area (Å²) in [5.74, 6) is 0.255. The molecule has 3 rings (SSSR count). The van der Waals surface area contributed by atoms with Crippen LogP contribution in [0.3, 0.4) is 0 Å². The molecule has 0 aliphatic carbocycles. The molecule has 2 amide bonds. The molecule has 2 N–H and O–H groups in total. The average Bonchev–Trinajstić information content (AvgIpc) is 2.62. The van der Waals surface area contributed by atoms with Gasteiger partial charge in [-0.3, -0.25) is 4.90 Å². The number of esters is 1. The first-order chi connectivity index (χ1) is 12.5. The fraction of sp³-hybridized carbons (Fsp3) is 0.474. The third-order valence-corrected chi connectivity index (χ3v) is 5.23. The van der Waals surface area contributed by atoms with Crippen molar-refractivity contribution >= 4 is 23.6 Å². The minimum atomic E-state index is -0.589. The number of nitrogens with one attached hydrogen (secondary N) is 2. The Labute approximate surface area is 158 Å². The number of urea groups is 1. The second-order valence-electron chi connectivity index (χ2n) is 6.93. The maximum absolute atomic E-state index is 12.5. The van der Waals surface area contributed by atoms with Gasteiger partial charge in [0.25, 0.3) is 0 Å². The van der Waals surface area contributed by atoms with Gasteiger partial charge in [0.2, 0.25) is 0 Å². The SMILES string of the molecule is COC(=O)C1=C(CN2CCC(C)CC2)NC(=O)N[C@@H]1c1cccc(Cl)c1. The fourth-order valence-electron chi connectivity index (χ4n) is 3.47.